The second-order valence-corrected chi connectivity index (χ2v) is 7.58. The van der Waals surface area contributed by atoms with Gasteiger partial charge in [-0.2, -0.15) is 9.65 Å². The lowest BCUT2D eigenvalue weighted by molar-refractivity contribution is 0.0232. The molecule has 154 valence electrons. The van der Waals surface area contributed by atoms with Crippen LogP contribution in [0.4, 0.5) is 8.78 Å². The molecule has 2 aromatic carbocycles. The Morgan fingerprint density at radius 2 is 1.72 bits per heavy atom. The van der Waals surface area contributed by atoms with Gasteiger partial charge in [-0.25, -0.2) is 4.39 Å². The van der Waals surface area contributed by atoms with Crippen molar-refractivity contribution in [3.8, 4) is 11.8 Å². The summed E-state index contributed by atoms with van der Waals surface area (Å²) in [6, 6.07) is 12.2. The predicted molar refractivity (Wildman–Crippen MR) is 108 cm³/mol. The molecular weight excluding hydrogens is 372 g/mol. The van der Waals surface area contributed by atoms with Gasteiger partial charge >= 0.3 is 0 Å². The van der Waals surface area contributed by atoms with E-state index < -0.39 is 11.6 Å². The molecule has 2 aromatic rings. The number of benzene rings is 2. The van der Waals surface area contributed by atoms with E-state index in [0.29, 0.717) is 12.0 Å². The summed E-state index contributed by atoms with van der Waals surface area (Å²) >= 11 is 0. The maximum atomic E-state index is 13.9. The first kappa shape index (κ1) is 21.3. The van der Waals surface area contributed by atoms with Gasteiger partial charge in [0.2, 0.25) is 5.82 Å². The molecule has 1 aliphatic carbocycles. The second kappa shape index (κ2) is 10.4. The number of nitrogens with zero attached hydrogens (tertiary/aromatic N) is 1. The van der Waals surface area contributed by atoms with Crippen LogP contribution in [0.25, 0.3) is 0 Å². The fourth-order valence-electron chi connectivity index (χ4n) is 3.73. The molecule has 1 fully saturated rings. The minimum absolute atomic E-state index is 0.139. The Labute approximate surface area is 171 Å². The highest BCUT2D eigenvalue weighted by atomic mass is 19.2. The first-order valence-electron chi connectivity index (χ1n) is 10.3. The van der Waals surface area contributed by atoms with Crippen LogP contribution in [-0.2, 0) is 11.3 Å². The van der Waals surface area contributed by atoms with Gasteiger partial charge < -0.3 is 9.47 Å². The van der Waals surface area contributed by atoms with E-state index in [-0.39, 0.29) is 17.9 Å². The first-order valence-corrected chi connectivity index (χ1v) is 10.3. The quantitative estimate of drug-likeness (QED) is 0.492. The number of halogens is 2. The highest BCUT2D eigenvalue weighted by Crippen LogP contribution is 2.34. The van der Waals surface area contributed by atoms with Crippen molar-refractivity contribution in [1.29, 1.82) is 5.26 Å². The molecule has 1 aliphatic rings. The molecule has 0 saturated heterocycles. The van der Waals surface area contributed by atoms with Crippen LogP contribution in [0.2, 0.25) is 0 Å². The molecule has 3 rings (SSSR count). The fourth-order valence-corrected chi connectivity index (χ4v) is 3.73. The SMILES string of the molecule is CCCCOC1CCC(c2ccc(COc3ccc(C#N)c(F)c3F)cc2)CC1. The monoisotopic (exact) mass is 399 g/mol. The van der Waals surface area contributed by atoms with Gasteiger partial charge in [0, 0.05) is 6.61 Å². The number of hydrogen-bond donors (Lipinski definition) is 0. The smallest absolute Gasteiger partial charge is 0.202 e. The van der Waals surface area contributed by atoms with E-state index in [1.807, 2.05) is 12.1 Å². The normalized spacial score (nSPS) is 19.0. The van der Waals surface area contributed by atoms with Crippen LogP contribution >= 0.6 is 0 Å². The number of ether oxygens (including phenoxy) is 2. The van der Waals surface area contributed by atoms with Crippen molar-refractivity contribution in [2.75, 3.05) is 6.61 Å². The van der Waals surface area contributed by atoms with Gasteiger partial charge in [0.1, 0.15) is 12.7 Å². The van der Waals surface area contributed by atoms with E-state index in [2.05, 4.69) is 19.1 Å². The Morgan fingerprint density at radius 1 is 1.00 bits per heavy atom. The molecular formula is C24H27F2NO2. The summed E-state index contributed by atoms with van der Waals surface area (Å²) in [5.74, 6) is -1.94. The van der Waals surface area contributed by atoms with Crippen LogP contribution in [0, 0.1) is 23.0 Å². The zero-order valence-corrected chi connectivity index (χ0v) is 16.8. The van der Waals surface area contributed by atoms with Crippen molar-refractivity contribution in [1.82, 2.24) is 0 Å². The second-order valence-electron chi connectivity index (χ2n) is 7.58. The lowest BCUT2D eigenvalue weighted by Gasteiger charge is -2.29. The summed E-state index contributed by atoms with van der Waals surface area (Å²) in [5, 5.41) is 8.73. The summed E-state index contributed by atoms with van der Waals surface area (Å²) in [6.07, 6.45) is 7.14. The van der Waals surface area contributed by atoms with Crippen LogP contribution in [0.1, 0.15) is 68.1 Å². The van der Waals surface area contributed by atoms with Crippen molar-refractivity contribution in [3.63, 3.8) is 0 Å². The number of unbranched alkanes of at least 4 members (excludes halogenated alkanes) is 1. The van der Waals surface area contributed by atoms with Crippen LogP contribution in [0.5, 0.6) is 5.75 Å². The number of rotatable bonds is 8. The van der Waals surface area contributed by atoms with Gasteiger partial charge in [-0.15, -0.1) is 0 Å². The van der Waals surface area contributed by atoms with Crippen molar-refractivity contribution in [3.05, 3.63) is 64.7 Å². The maximum Gasteiger partial charge on any atom is 0.202 e. The zero-order chi connectivity index (χ0) is 20.6. The topological polar surface area (TPSA) is 42.2 Å². The lowest BCUT2D eigenvalue weighted by Crippen LogP contribution is -2.21. The number of nitriles is 1. The standard InChI is InChI=1S/C24H27F2NO2/c1-2-3-14-28-21-11-8-19(9-12-21)18-6-4-17(5-7-18)16-29-22-13-10-20(15-27)23(25)24(22)26/h4-7,10,13,19,21H,2-3,8-9,11-12,14,16H2,1H3. The zero-order valence-electron chi connectivity index (χ0n) is 16.8. The summed E-state index contributed by atoms with van der Waals surface area (Å²) in [4.78, 5) is 0. The average Bonchev–Trinajstić information content (AvgIpc) is 2.76. The Balaban J connectivity index is 1.51. The largest absolute Gasteiger partial charge is 0.486 e. The van der Waals surface area contributed by atoms with Gasteiger partial charge in [-0.1, -0.05) is 37.6 Å². The third-order valence-corrected chi connectivity index (χ3v) is 5.54. The third-order valence-electron chi connectivity index (χ3n) is 5.54. The van der Waals surface area contributed by atoms with Crippen molar-refractivity contribution >= 4 is 0 Å². The van der Waals surface area contributed by atoms with Crippen LogP contribution < -0.4 is 4.74 Å². The van der Waals surface area contributed by atoms with Crippen LogP contribution in [0.3, 0.4) is 0 Å². The molecule has 0 atom stereocenters. The summed E-state index contributed by atoms with van der Waals surface area (Å²) in [7, 11) is 0. The number of hydrogen-bond acceptors (Lipinski definition) is 3. The average molecular weight is 399 g/mol. The predicted octanol–water partition coefficient (Wildman–Crippen LogP) is 6.26. The maximum absolute atomic E-state index is 13.9. The van der Waals surface area contributed by atoms with E-state index in [4.69, 9.17) is 14.7 Å². The summed E-state index contributed by atoms with van der Waals surface area (Å²) < 4.78 is 39.0. The highest BCUT2D eigenvalue weighted by molar-refractivity contribution is 5.38. The molecule has 0 amide bonds. The Bertz CT molecular complexity index is 837. The van der Waals surface area contributed by atoms with Crippen molar-refractivity contribution in [2.45, 2.75) is 64.1 Å². The molecule has 3 nitrogen and oxygen atoms in total. The molecule has 0 unspecified atom stereocenters. The van der Waals surface area contributed by atoms with E-state index in [1.165, 1.54) is 17.7 Å². The molecule has 0 spiro atoms. The van der Waals surface area contributed by atoms with Gasteiger partial charge in [0.05, 0.1) is 11.7 Å². The van der Waals surface area contributed by atoms with Gasteiger partial charge in [-0.05, 0) is 61.3 Å². The van der Waals surface area contributed by atoms with E-state index in [0.717, 1.165) is 50.7 Å². The van der Waals surface area contributed by atoms with Gasteiger partial charge in [0.15, 0.2) is 11.6 Å². The molecule has 5 heteroatoms. The molecule has 0 N–H and O–H groups in total. The Hall–Kier alpha value is -2.45. The summed E-state index contributed by atoms with van der Waals surface area (Å²) in [6.45, 7) is 3.18. The van der Waals surface area contributed by atoms with E-state index >= 15 is 0 Å². The van der Waals surface area contributed by atoms with Gasteiger partial charge in [-0.3, -0.25) is 0 Å². The Morgan fingerprint density at radius 3 is 2.38 bits per heavy atom. The molecule has 0 bridgehead atoms. The molecule has 0 heterocycles. The minimum Gasteiger partial charge on any atom is -0.486 e. The van der Waals surface area contributed by atoms with Crippen LogP contribution in [0.15, 0.2) is 36.4 Å². The van der Waals surface area contributed by atoms with Gasteiger partial charge in [0.25, 0.3) is 0 Å². The first-order chi connectivity index (χ1) is 14.1. The molecule has 0 aromatic heterocycles. The van der Waals surface area contributed by atoms with Crippen molar-refractivity contribution < 1.29 is 18.3 Å². The fraction of sp³-hybridized carbons (Fsp3) is 0.458. The van der Waals surface area contributed by atoms with E-state index in [9.17, 15) is 8.78 Å². The highest BCUT2D eigenvalue weighted by Gasteiger charge is 2.22. The molecule has 0 radical (unpaired) electrons. The third kappa shape index (κ3) is 5.55. The van der Waals surface area contributed by atoms with E-state index in [1.54, 1.807) is 6.07 Å². The lowest BCUT2D eigenvalue weighted by atomic mass is 9.82. The summed E-state index contributed by atoms with van der Waals surface area (Å²) in [5.41, 5.74) is 1.86. The Kier molecular flexibility index (Phi) is 7.60. The van der Waals surface area contributed by atoms with Crippen molar-refractivity contribution in [2.24, 2.45) is 0 Å². The minimum atomic E-state index is -1.17. The molecule has 29 heavy (non-hydrogen) atoms. The molecule has 1 saturated carbocycles. The molecule has 0 aliphatic heterocycles. The van der Waals surface area contributed by atoms with Crippen LogP contribution in [-0.4, -0.2) is 12.7 Å².